The van der Waals surface area contributed by atoms with E-state index in [9.17, 15) is 10.1 Å². The molecule has 4 rings (SSSR count). The molecule has 2 heterocycles. The van der Waals surface area contributed by atoms with Crippen LogP contribution in [0.25, 0.3) is 22.0 Å². The standard InChI is InChI=1S/C28H27N7O/c1-3-4-9-20(15-29)23-13-8-10-19-14-24(18(2)33-26-21(16-30)17-32-28(31)34-26)35(27(36)25(19)23)22-11-6-5-7-12-22/h4-15,17-18H,3,29H2,1-2H3,(H3,31,32,33,34)/b9-4-,20-15+. The Balaban J connectivity index is 1.97. The third-order valence-corrected chi connectivity index (χ3v) is 5.84. The summed E-state index contributed by atoms with van der Waals surface area (Å²) >= 11 is 0. The zero-order chi connectivity index (χ0) is 25.7. The van der Waals surface area contributed by atoms with Gasteiger partial charge in [-0.3, -0.25) is 9.36 Å². The molecule has 2 aromatic heterocycles. The van der Waals surface area contributed by atoms with Gasteiger partial charge in [0.2, 0.25) is 5.95 Å². The van der Waals surface area contributed by atoms with E-state index in [1.807, 2.05) is 80.6 Å². The highest BCUT2D eigenvalue weighted by Crippen LogP contribution is 2.29. The van der Waals surface area contributed by atoms with Gasteiger partial charge in [0.15, 0.2) is 0 Å². The average molecular weight is 478 g/mol. The Bertz CT molecular complexity index is 1560. The summed E-state index contributed by atoms with van der Waals surface area (Å²) in [5.74, 6) is 0.352. The lowest BCUT2D eigenvalue weighted by molar-refractivity contribution is 0.772. The number of nitrogens with two attached hydrogens (primary N) is 2. The van der Waals surface area contributed by atoms with Crippen LogP contribution in [0.1, 0.15) is 43.1 Å². The number of benzene rings is 2. The lowest BCUT2D eigenvalue weighted by atomic mass is 9.97. The number of allylic oxidation sites excluding steroid dienone is 3. The summed E-state index contributed by atoms with van der Waals surface area (Å²) in [6.07, 6.45) is 7.69. The van der Waals surface area contributed by atoms with Crippen molar-refractivity contribution in [3.63, 3.8) is 0 Å². The number of nitriles is 1. The predicted molar refractivity (Wildman–Crippen MR) is 144 cm³/mol. The average Bonchev–Trinajstić information content (AvgIpc) is 2.89. The van der Waals surface area contributed by atoms with Crippen molar-refractivity contribution in [2.24, 2.45) is 5.73 Å². The van der Waals surface area contributed by atoms with E-state index >= 15 is 0 Å². The lowest BCUT2D eigenvalue weighted by Gasteiger charge is -2.22. The second-order valence-electron chi connectivity index (χ2n) is 8.22. The first kappa shape index (κ1) is 24.2. The van der Waals surface area contributed by atoms with Gasteiger partial charge < -0.3 is 16.8 Å². The molecule has 180 valence electrons. The lowest BCUT2D eigenvalue weighted by Crippen LogP contribution is -2.26. The number of nitrogen functional groups attached to an aromatic ring is 1. The Morgan fingerprint density at radius 2 is 2.00 bits per heavy atom. The van der Waals surface area contributed by atoms with Crippen LogP contribution in [0.5, 0.6) is 0 Å². The van der Waals surface area contributed by atoms with Gasteiger partial charge >= 0.3 is 0 Å². The molecule has 0 saturated carbocycles. The van der Waals surface area contributed by atoms with E-state index in [1.165, 1.54) is 12.4 Å². The van der Waals surface area contributed by atoms with Gasteiger partial charge in [0.25, 0.3) is 5.56 Å². The molecular formula is C28H27N7O. The number of pyridine rings is 1. The van der Waals surface area contributed by atoms with Crippen molar-refractivity contribution in [1.82, 2.24) is 14.5 Å². The fourth-order valence-electron chi connectivity index (χ4n) is 4.13. The number of para-hydroxylation sites is 1. The summed E-state index contributed by atoms with van der Waals surface area (Å²) in [6.45, 7) is 3.94. The molecule has 0 bridgehead atoms. The number of anilines is 2. The number of fused-ring (bicyclic) bond motifs is 1. The van der Waals surface area contributed by atoms with Gasteiger partial charge in [-0.05, 0) is 48.1 Å². The summed E-state index contributed by atoms with van der Waals surface area (Å²) in [5, 5.41) is 14.1. The fraction of sp³-hybridized carbons (Fsp3) is 0.143. The summed E-state index contributed by atoms with van der Waals surface area (Å²) < 4.78 is 1.68. The van der Waals surface area contributed by atoms with Crippen LogP contribution in [0.4, 0.5) is 11.8 Å². The van der Waals surface area contributed by atoms with E-state index in [0.29, 0.717) is 22.6 Å². The largest absolute Gasteiger partial charge is 0.404 e. The first-order valence-electron chi connectivity index (χ1n) is 11.6. The van der Waals surface area contributed by atoms with Gasteiger partial charge in [-0.2, -0.15) is 10.2 Å². The van der Waals surface area contributed by atoms with Crippen molar-refractivity contribution in [1.29, 1.82) is 5.26 Å². The molecule has 0 amide bonds. The Kier molecular flexibility index (Phi) is 7.12. The Labute approximate surface area is 209 Å². The van der Waals surface area contributed by atoms with E-state index in [4.69, 9.17) is 11.5 Å². The maximum atomic E-state index is 14.1. The van der Waals surface area contributed by atoms with Crippen molar-refractivity contribution in [3.8, 4) is 11.8 Å². The van der Waals surface area contributed by atoms with Crippen LogP contribution in [-0.4, -0.2) is 14.5 Å². The molecule has 0 fully saturated rings. The van der Waals surface area contributed by atoms with Crippen molar-refractivity contribution >= 4 is 28.1 Å². The predicted octanol–water partition coefficient (Wildman–Crippen LogP) is 4.67. The molecule has 36 heavy (non-hydrogen) atoms. The zero-order valence-corrected chi connectivity index (χ0v) is 20.1. The van der Waals surface area contributed by atoms with Crippen LogP contribution >= 0.6 is 0 Å². The van der Waals surface area contributed by atoms with Gasteiger partial charge in [-0.15, -0.1) is 0 Å². The summed E-state index contributed by atoms with van der Waals surface area (Å²) in [7, 11) is 0. The number of rotatable bonds is 7. The highest BCUT2D eigenvalue weighted by molar-refractivity contribution is 5.96. The maximum Gasteiger partial charge on any atom is 0.263 e. The maximum absolute atomic E-state index is 14.1. The number of nitrogens with one attached hydrogen (secondary N) is 1. The number of nitrogens with zero attached hydrogens (tertiary/aromatic N) is 4. The molecule has 4 aromatic rings. The molecule has 0 aliphatic rings. The number of hydrogen-bond donors (Lipinski definition) is 3. The Morgan fingerprint density at radius 1 is 1.22 bits per heavy atom. The molecule has 0 aliphatic carbocycles. The minimum Gasteiger partial charge on any atom is -0.404 e. The second-order valence-corrected chi connectivity index (χ2v) is 8.22. The molecule has 2 aromatic carbocycles. The van der Waals surface area contributed by atoms with Crippen LogP contribution in [0.2, 0.25) is 0 Å². The van der Waals surface area contributed by atoms with Crippen LogP contribution in [-0.2, 0) is 0 Å². The smallest absolute Gasteiger partial charge is 0.263 e. The van der Waals surface area contributed by atoms with Gasteiger partial charge in [-0.1, -0.05) is 55.5 Å². The van der Waals surface area contributed by atoms with Crippen molar-refractivity contribution in [2.45, 2.75) is 26.3 Å². The first-order chi connectivity index (χ1) is 17.5. The van der Waals surface area contributed by atoms with Crippen LogP contribution < -0.4 is 22.3 Å². The fourth-order valence-corrected chi connectivity index (χ4v) is 4.13. The van der Waals surface area contributed by atoms with Gasteiger partial charge in [0.1, 0.15) is 17.5 Å². The van der Waals surface area contributed by atoms with Crippen molar-refractivity contribution in [3.05, 3.63) is 106 Å². The van der Waals surface area contributed by atoms with Crippen molar-refractivity contribution in [2.75, 3.05) is 11.1 Å². The van der Waals surface area contributed by atoms with Crippen molar-refractivity contribution < 1.29 is 0 Å². The third-order valence-electron chi connectivity index (χ3n) is 5.84. The summed E-state index contributed by atoms with van der Waals surface area (Å²) in [4.78, 5) is 22.2. The van der Waals surface area contributed by atoms with Gasteiger partial charge in [0, 0.05) is 17.6 Å². The quantitative estimate of drug-likeness (QED) is 0.329. The normalized spacial score (nSPS) is 12.5. The summed E-state index contributed by atoms with van der Waals surface area (Å²) in [5.41, 5.74) is 14.7. The third kappa shape index (κ3) is 4.68. The molecule has 8 nitrogen and oxygen atoms in total. The number of aromatic nitrogens is 3. The van der Waals surface area contributed by atoms with Crippen LogP contribution in [0, 0.1) is 11.3 Å². The van der Waals surface area contributed by atoms with Crippen LogP contribution in [0.15, 0.2) is 83.9 Å². The second kappa shape index (κ2) is 10.6. The molecule has 5 N–H and O–H groups in total. The van der Waals surface area contributed by atoms with E-state index in [1.54, 1.807) is 4.57 Å². The SMILES string of the molecule is CC/C=C\C(=C/N)c1cccc2cc(C(C)Nc3nc(N)ncc3C#N)n(-c3ccccc3)c(=O)c12. The van der Waals surface area contributed by atoms with Crippen LogP contribution in [0.3, 0.4) is 0 Å². The molecule has 0 spiro atoms. The minimum atomic E-state index is -0.406. The highest BCUT2D eigenvalue weighted by atomic mass is 16.1. The molecule has 0 saturated heterocycles. The Hall–Kier alpha value is -4.90. The Morgan fingerprint density at radius 3 is 2.69 bits per heavy atom. The molecule has 0 radical (unpaired) electrons. The molecule has 0 aliphatic heterocycles. The molecule has 1 atom stereocenters. The number of hydrogen-bond acceptors (Lipinski definition) is 7. The van der Waals surface area contributed by atoms with E-state index < -0.39 is 6.04 Å². The summed E-state index contributed by atoms with van der Waals surface area (Å²) in [6, 6.07) is 18.8. The first-order valence-corrected chi connectivity index (χ1v) is 11.6. The molecular weight excluding hydrogens is 450 g/mol. The van der Waals surface area contributed by atoms with E-state index in [2.05, 4.69) is 21.4 Å². The molecule has 8 heteroatoms. The van der Waals surface area contributed by atoms with Gasteiger partial charge in [0.05, 0.1) is 17.6 Å². The zero-order valence-electron chi connectivity index (χ0n) is 20.1. The van der Waals surface area contributed by atoms with Gasteiger partial charge in [-0.25, -0.2) is 4.98 Å². The topological polar surface area (TPSA) is 136 Å². The van der Waals surface area contributed by atoms with E-state index in [0.717, 1.165) is 22.9 Å². The highest BCUT2D eigenvalue weighted by Gasteiger charge is 2.20. The minimum absolute atomic E-state index is 0.0496. The van der Waals surface area contributed by atoms with E-state index in [-0.39, 0.29) is 17.1 Å². The molecule has 1 unspecified atom stereocenters. The monoisotopic (exact) mass is 477 g/mol.